The number of anilines is 1. The van der Waals surface area contributed by atoms with Crippen LogP contribution in [-0.2, 0) is 6.42 Å². The summed E-state index contributed by atoms with van der Waals surface area (Å²) in [7, 11) is 0. The largest absolute Gasteiger partial charge is 0.395 e. The second kappa shape index (κ2) is 4.97. The van der Waals surface area contributed by atoms with Gasteiger partial charge in [-0.05, 0) is 12.5 Å². The first-order valence-corrected chi connectivity index (χ1v) is 5.28. The standard InChI is InChI=1S/C9H14N2O2S/c1-2-6-5-7(8(10)14-6)9(13)11-3-4-12/h5,12H,2-4,10H2,1H3,(H,11,13). The number of hydrogen-bond acceptors (Lipinski definition) is 4. The van der Waals surface area contributed by atoms with E-state index in [-0.39, 0.29) is 19.1 Å². The summed E-state index contributed by atoms with van der Waals surface area (Å²) in [6.45, 7) is 2.21. The monoisotopic (exact) mass is 214 g/mol. The predicted octanol–water partition coefficient (Wildman–Crippen LogP) is 0.615. The van der Waals surface area contributed by atoms with Crippen LogP contribution in [-0.4, -0.2) is 24.2 Å². The molecular formula is C9H14N2O2S. The molecule has 0 bridgehead atoms. The minimum Gasteiger partial charge on any atom is -0.395 e. The molecule has 0 atom stereocenters. The number of thiophene rings is 1. The Balaban J connectivity index is 2.73. The summed E-state index contributed by atoms with van der Waals surface area (Å²) in [5, 5.41) is 11.6. The van der Waals surface area contributed by atoms with Crippen molar-refractivity contribution in [3.63, 3.8) is 0 Å². The van der Waals surface area contributed by atoms with Gasteiger partial charge in [-0.2, -0.15) is 0 Å². The molecule has 1 rings (SSSR count). The van der Waals surface area contributed by atoms with E-state index in [4.69, 9.17) is 10.8 Å². The third kappa shape index (κ3) is 2.46. The minimum absolute atomic E-state index is 0.0591. The number of rotatable bonds is 4. The van der Waals surface area contributed by atoms with E-state index in [0.29, 0.717) is 10.6 Å². The fraction of sp³-hybridized carbons (Fsp3) is 0.444. The number of aryl methyl sites for hydroxylation is 1. The van der Waals surface area contributed by atoms with Gasteiger partial charge < -0.3 is 16.2 Å². The number of nitrogen functional groups attached to an aromatic ring is 1. The van der Waals surface area contributed by atoms with E-state index in [1.54, 1.807) is 6.07 Å². The normalized spacial score (nSPS) is 10.1. The van der Waals surface area contributed by atoms with Crippen molar-refractivity contribution in [3.05, 3.63) is 16.5 Å². The molecule has 1 aromatic heterocycles. The highest BCUT2D eigenvalue weighted by molar-refractivity contribution is 7.16. The fourth-order valence-corrected chi connectivity index (χ4v) is 1.94. The number of aliphatic hydroxyl groups excluding tert-OH is 1. The van der Waals surface area contributed by atoms with Crippen molar-refractivity contribution < 1.29 is 9.90 Å². The maximum absolute atomic E-state index is 11.5. The van der Waals surface area contributed by atoms with Gasteiger partial charge in [-0.25, -0.2) is 0 Å². The maximum atomic E-state index is 11.5. The van der Waals surface area contributed by atoms with Gasteiger partial charge in [-0.1, -0.05) is 6.92 Å². The molecule has 0 saturated heterocycles. The average molecular weight is 214 g/mol. The summed E-state index contributed by atoms with van der Waals surface area (Å²) >= 11 is 1.43. The van der Waals surface area contributed by atoms with Crippen molar-refractivity contribution >= 4 is 22.2 Å². The average Bonchev–Trinajstić information content (AvgIpc) is 2.56. The summed E-state index contributed by atoms with van der Waals surface area (Å²) in [6, 6.07) is 1.80. The number of aliphatic hydroxyl groups is 1. The molecule has 0 aliphatic rings. The Labute approximate surface area is 86.7 Å². The number of nitrogens with two attached hydrogens (primary N) is 1. The van der Waals surface area contributed by atoms with Crippen LogP contribution in [0.15, 0.2) is 6.07 Å². The number of carbonyl (C=O) groups excluding carboxylic acids is 1. The Kier molecular flexibility index (Phi) is 3.91. The molecule has 1 heterocycles. The summed E-state index contributed by atoms with van der Waals surface area (Å²) in [5.74, 6) is -0.215. The van der Waals surface area contributed by atoms with Crippen LogP contribution in [0.5, 0.6) is 0 Å². The van der Waals surface area contributed by atoms with Crippen LogP contribution in [0.4, 0.5) is 5.00 Å². The van der Waals surface area contributed by atoms with E-state index >= 15 is 0 Å². The van der Waals surface area contributed by atoms with Crippen molar-refractivity contribution in [2.24, 2.45) is 0 Å². The summed E-state index contributed by atoms with van der Waals surface area (Å²) in [4.78, 5) is 12.6. The van der Waals surface area contributed by atoms with Crippen LogP contribution in [0.1, 0.15) is 22.2 Å². The minimum atomic E-state index is -0.215. The van der Waals surface area contributed by atoms with Crippen molar-refractivity contribution in [2.45, 2.75) is 13.3 Å². The van der Waals surface area contributed by atoms with E-state index in [9.17, 15) is 4.79 Å². The molecule has 78 valence electrons. The molecular weight excluding hydrogens is 200 g/mol. The first-order valence-electron chi connectivity index (χ1n) is 4.46. The molecule has 4 N–H and O–H groups in total. The van der Waals surface area contributed by atoms with Crippen molar-refractivity contribution in [2.75, 3.05) is 18.9 Å². The summed E-state index contributed by atoms with van der Waals surface area (Å²) < 4.78 is 0. The number of hydrogen-bond donors (Lipinski definition) is 3. The number of carbonyl (C=O) groups is 1. The number of nitrogens with one attached hydrogen (secondary N) is 1. The molecule has 0 saturated carbocycles. The molecule has 5 heteroatoms. The zero-order valence-electron chi connectivity index (χ0n) is 8.04. The highest BCUT2D eigenvalue weighted by Gasteiger charge is 2.12. The molecule has 4 nitrogen and oxygen atoms in total. The fourth-order valence-electron chi connectivity index (χ4n) is 1.07. The van der Waals surface area contributed by atoms with Gasteiger partial charge in [-0.3, -0.25) is 4.79 Å². The highest BCUT2D eigenvalue weighted by Crippen LogP contribution is 2.25. The van der Waals surface area contributed by atoms with Gasteiger partial charge in [-0.15, -0.1) is 11.3 Å². The molecule has 0 radical (unpaired) electrons. The summed E-state index contributed by atoms with van der Waals surface area (Å²) in [5.41, 5.74) is 6.20. The lowest BCUT2D eigenvalue weighted by molar-refractivity contribution is 0.0946. The highest BCUT2D eigenvalue weighted by atomic mass is 32.1. The van der Waals surface area contributed by atoms with Crippen LogP contribution >= 0.6 is 11.3 Å². The topological polar surface area (TPSA) is 75.3 Å². The second-order valence-electron chi connectivity index (χ2n) is 2.82. The predicted molar refractivity (Wildman–Crippen MR) is 57.5 cm³/mol. The maximum Gasteiger partial charge on any atom is 0.254 e. The Morgan fingerprint density at radius 1 is 1.71 bits per heavy atom. The second-order valence-corrected chi connectivity index (χ2v) is 3.99. The van der Waals surface area contributed by atoms with Crippen molar-refractivity contribution in [1.82, 2.24) is 5.32 Å². The quantitative estimate of drug-likeness (QED) is 0.687. The van der Waals surface area contributed by atoms with E-state index in [2.05, 4.69) is 5.32 Å². The lowest BCUT2D eigenvalue weighted by Gasteiger charge is -2.00. The van der Waals surface area contributed by atoms with Crippen molar-refractivity contribution in [1.29, 1.82) is 0 Å². The van der Waals surface area contributed by atoms with E-state index in [1.165, 1.54) is 11.3 Å². The zero-order chi connectivity index (χ0) is 10.6. The molecule has 0 aromatic carbocycles. The molecule has 1 amide bonds. The lowest BCUT2D eigenvalue weighted by atomic mass is 10.2. The van der Waals surface area contributed by atoms with Gasteiger partial charge in [0.1, 0.15) is 0 Å². The van der Waals surface area contributed by atoms with E-state index < -0.39 is 0 Å². The number of amides is 1. The molecule has 0 fully saturated rings. The van der Waals surface area contributed by atoms with Crippen LogP contribution < -0.4 is 11.1 Å². The van der Waals surface area contributed by atoms with Crippen molar-refractivity contribution in [3.8, 4) is 0 Å². The Morgan fingerprint density at radius 2 is 2.43 bits per heavy atom. The molecule has 14 heavy (non-hydrogen) atoms. The van der Waals surface area contributed by atoms with Crippen LogP contribution in [0.3, 0.4) is 0 Å². The Morgan fingerprint density at radius 3 is 2.93 bits per heavy atom. The zero-order valence-corrected chi connectivity index (χ0v) is 8.86. The lowest BCUT2D eigenvalue weighted by Crippen LogP contribution is -2.26. The van der Waals surface area contributed by atoms with Gasteiger partial charge in [0.15, 0.2) is 0 Å². The first kappa shape index (κ1) is 11.0. The summed E-state index contributed by atoms with van der Waals surface area (Å²) in [6.07, 6.45) is 0.877. The van der Waals surface area contributed by atoms with Crippen LogP contribution in [0.25, 0.3) is 0 Å². The van der Waals surface area contributed by atoms with Gasteiger partial charge >= 0.3 is 0 Å². The van der Waals surface area contributed by atoms with E-state index in [0.717, 1.165) is 11.3 Å². The van der Waals surface area contributed by atoms with Gasteiger partial charge in [0.05, 0.1) is 17.2 Å². The SMILES string of the molecule is CCc1cc(C(=O)NCCO)c(N)s1. The van der Waals surface area contributed by atoms with Crippen LogP contribution in [0.2, 0.25) is 0 Å². The third-order valence-corrected chi connectivity index (χ3v) is 2.91. The van der Waals surface area contributed by atoms with Gasteiger partial charge in [0.25, 0.3) is 5.91 Å². The molecule has 0 aliphatic carbocycles. The van der Waals surface area contributed by atoms with E-state index in [1.807, 2.05) is 6.92 Å². The molecule has 0 spiro atoms. The third-order valence-electron chi connectivity index (χ3n) is 1.80. The Hall–Kier alpha value is -1.07. The van der Waals surface area contributed by atoms with Gasteiger partial charge in [0.2, 0.25) is 0 Å². The molecule has 0 unspecified atom stereocenters. The Bertz CT molecular complexity index is 323. The molecule has 0 aliphatic heterocycles. The van der Waals surface area contributed by atoms with Gasteiger partial charge in [0, 0.05) is 11.4 Å². The smallest absolute Gasteiger partial charge is 0.254 e. The first-order chi connectivity index (χ1) is 6.69. The molecule has 1 aromatic rings. The van der Waals surface area contributed by atoms with Crippen LogP contribution in [0, 0.1) is 0 Å².